The highest BCUT2D eigenvalue weighted by molar-refractivity contribution is 6.16. The number of hydrogen-bond donors (Lipinski definition) is 4. The van der Waals surface area contributed by atoms with Crippen LogP contribution >= 0.6 is 0 Å². The Morgan fingerprint density at radius 2 is 1.59 bits per heavy atom. The van der Waals surface area contributed by atoms with Gasteiger partial charge < -0.3 is 21.1 Å². The lowest BCUT2D eigenvalue weighted by molar-refractivity contribution is -0.127. The van der Waals surface area contributed by atoms with Gasteiger partial charge in [-0.1, -0.05) is 32.0 Å². The number of anilines is 2. The van der Waals surface area contributed by atoms with Gasteiger partial charge in [0.15, 0.2) is 0 Å². The van der Waals surface area contributed by atoms with Crippen molar-refractivity contribution in [3.63, 3.8) is 0 Å². The van der Waals surface area contributed by atoms with Gasteiger partial charge in [0, 0.05) is 17.6 Å². The van der Waals surface area contributed by atoms with Crippen molar-refractivity contribution in [1.82, 2.24) is 20.2 Å². The van der Waals surface area contributed by atoms with Gasteiger partial charge in [-0.3, -0.25) is 15.1 Å². The predicted molar refractivity (Wildman–Crippen MR) is 155 cm³/mol. The summed E-state index contributed by atoms with van der Waals surface area (Å²) in [5.41, 5.74) is 7.65. The van der Waals surface area contributed by atoms with E-state index in [9.17, 15) is 4.79 Å². The minimum absolute atomic E-state index is 0.0888. The van der Waals surface area contributed by atoms with Gasteiger partial charge in [-0.15, -0.1) is 0 Å². The first-order valence-corrected chi connectivity index (χ1v) is 13.5. The van der Waals surface area contributed by atoms with Gasteiger partial charge in [0.1, 0.15) is 29.5 Å². The Balaban J connectivity index is 1.39. The number of likely N-dealkylation sites (N-methyl/N-ethyl adjacent to an activating group) is 1. The molecule has 206 valence electrons. The lowest BCUT2D eigenvalue weighted by atomic mass is 9.90. The van der Waals surface area contributed by atoms with Crippen molar-refractivity contribution in [2.75, 3.05) is 25.1 Å². The fraction of sp³-hybridized carbons (Fsp3) is 0.400. The monoisotopic (exact) mass is 529 g/mol. The van der Waals surface area contributed by atoms with Crippen molar-refractivity contribution >= 4 is 23.3 Å². The van der Waals surface area contributed by atoms with Crippen molar-refractivity contribution in [2.45, 2.75) is 57.7 Å². The zero-order valence-corrected chi connectivity index (χ0v) is 23.1. The van der Waals surface area contributed by atoms with E-state index in [2.05, 4.69) is 34.4 Å². The summed E-state index contributed by atoms with van der Waals surface area (Å²) < 4.78 is 5.87. The van der Waals surface area contributed by atoms with Gasteiger partial charge in [0.2, 0.25) is 5.91 Å². The van der Waals surface area contributed by atoms with Crippen LogP contribution in [0.2, 0.25) is 0 Å². The zero-order chi connectivity index (χ0) is 27.9. The van der Waals surface area contributed by atoms with Crippen LogP contribution in [0.4, 0.5) is 11.6 Å². The number of carbonyl (C=O) groups is 1. The summed E-state index contributed by atoms with van der Waals surface area (Å²) in [6.07, 6.45) is 4.92. The summed E-state index contributed by atoms with van der Waals surface area (Å²) >= 11 is 0. The SMILES string of the molecule is CC(C)C(C(=O)NC1CCC(Nc2ncnc(N)c2C(=N)c2ccc(Oc3ccccc3)cc2)CC1)N(C)C. The average molecular weight is 530 g/mol. The van der Waals surface area contributed by atoms with Crippen LogP contribution in [0, 0.1) is 11.3 Å². The van der Waals surface area contributed by atoms with Crippen LogP contribution in [0.5, 0.6) is 11.5 Å². The van der Waals surface area contributed by atoms with E-state index in [0.717, 1.165) is 31.4 Å². The van der Waals surface area contributed by atoms with E-state index >= 15 is 0 Å². The number of para-hydroxylation sites is 1. The number of nitrogen functional groups attached to an aromatic ring is 1. The highest BCUT2D eigenvalue weighted by Crippen LogP contribution is 2.28. The number of nitrogens with one attached hydrogen (secondary N) is 3. The first kappa shape index (κ1) is 28.0. The molecule has 4 rings (SSSR count). The number of benzene rings is 2. The molecule has 1 fully saturated rings. The number of nitrogens with two attached hydrogens (primary N) is 1. The quantitative estimate of drug-likeness (QED) is 0.280. The number of nitrogens with zero attached hydrogens (tertiary/aromatic N) is 3. The van der Waals surface area contributed by atoms with E-state index in [1.54, 1.807) is 0 Å². The fourth-order valence-electron chi connectivity index (χ4n) is 5.21. The highest BCUT2D eigenvalue weighted by atomic mass is 16.5. The maximum absolute atomic E-state index is 12.8. The van der Waals surface area contributed by atoms with Gasteiger partial charge >= 0.3 is 0 Å². The fourth-order valence-corrected chi connectivity index (χ4v) is 5.21. The summed E-state index contributed by atoms with van der Waals surface area (Å²) in [6, 6.07) is 17.1. The second-order valence-corrected chi connectivity index (χ2v) is 10.7. The lowest BCUT2D eigenvalue weighted by Gasteiger charge is -2.33. The second-order valence-electron chi connectivity index (χ2n) is 10.7. The number of hydrogen-bond acceptors (Lipinski definition) is 8. The Labute approximate surface area is 230 Å². The third-order valence-corrected chi connectivity index (χ3v) is 7.12. The molecule has 1 unspecified atom stereocenters. The second kappa shape index (κ2) is 12.7. The minimum Gasteiger partial charge on any atom is -0.457 e. The molecule has 39 heavy (non-hydrogen) atoms. The Morgan fingerprint density at radius 1 is 0.974 bits per heavy atom. The van der Waals surface area contributed by atoms with Crippen LogP contribution in [0.15, 0.2) is 60.9 Å². The van der Waals surface area contributed by atoms with Gasteiger partial charge in [0.05, 0.1) is 17.3 Å². The lowest BCUT2D eigenvalue weighted by Crippen LogP contribution is -2.50. The maximum Gasteiger partial charge on any atom is 0.237 e. The minimum atomic E-state index is -0.141. The molecule has 2 aromatic carbocycles. The molecule has 0 aliphatic heterocycles. The first-order valence-electron chi connectivity index (χ1n) is 13.5. The predicted octanol–water partition coefficient (Wildman–Crippen LogP) is 4.69. The Hall–Kier alpha value is -3.98. The molecule has 0 saturated heterocycles. The van der Waals surface area contributed by atoms with E-state index in [1.165, 1.54) is 6.33 Å². The molecule has 0 spiro atoms. The molecular formula is C30H39N7O2. The number of ether oxygens (including phenoxy) is 1. The molecule has 3 aromatic rings. The van der Waals surface area contributed by atoms with Crippen molar-refractivity contribution in [1.29, 1.82) is 5.41 Å². The van der Waals surface area contributed by atoms with E-state index in [-0.39, 0.29) is 41.5 Å². The largest absolute Gasteiger partial charge is 0.457 e. The highest BCUT2D eigenvalue weighted by Gasteiger charge is 2.29. The molecule has 0 bridgehead atoms. The maximum atomic E-state index is 12.8. The van der Waals surface area contributed by atoms with Crippen LogP contribution in [-0.4, -0.2) is 58.7 Å². The van der Waals surface area contributed by atoms with Crippen molar-refractivity contribution in [2.24, 2.45) is 5.92 Å². The third-order valence-electron chi connectivity index (χ3n) is 7.12. The van der Waals surface area contributed by atoms with E-state index < -0.39 is 0 Å². The third kappa shape index (κ3) is 7.11. The summed E-state index contributed by atoms with van der Waals surface area (Å²) in [5, 5.41) is 15.6. The summed E-state index contributed by atoms with van der Waals surface area (Å²) in [6.45, 7) is 4.14. The molecule has 1 aromatic heterocycles. The van der Waals surface area contributed by atoms with Crippen LogP contribution in [0.25, 0.3) is 0 Å². The molecular weight excluding hydrogens is 490 g/mol. The van der Waals surface area contributed by atoms with Crippen LogP contribution in [0.3, 0.4) is 0 Å². The standard InChI is InChI=1S/C30H39N7O2/c1-19(2)27(37(3)4)30(38)36-22-14-12-21(13-15-22)35-29-25(28(32)33-18-34-29)26(31)20-10-16-24(17-11-20)39-23-8-6-5-7-9-23/h5-11,16-19,21-22,27,31H,12-15H2,1-4H3,(H,36,38)(H3,32,33,34,35). The van der Waals surface area contributed by atoms with Crippen LogP contribution < -0.4 is 21.1 Å². The van der Waals surface area contributed by atoms with E-state index in [0.29, 0.717) is 22.7 Å². The molecule has 9 heteroatoms. The van der Waals surface area contributed by atoms with Gasteiger partial charge in [-0.2, -0.15) is 0 Å². The van der Waals surface area contributed by atoms with Crippen molar-refractivity contribution in [3.8, 4) is 11.5 Å². The molecule has 1 aliphatic rings. The number of aromatic nitrogens is 2. The zero-order valence-electron chi connectivity index (χ0n) is 23.1. The molecule has 1 aliphatic carbocycles. The van der Waals surface area contributed by atoms with Crippen molar-refractivity contribution < 1.29 is 9.53 Å². The van der Waals surface area contributed by atoms with Gasteiger partial charge in [0.25, 0.3) is 0 Å². The molecule has 1 amide bonds. The molecule has 9 nitrogen and oxygen atoms in total. The number of carbonyl (C=O) groups excluding carboxylic acids is 1. The summed E-state index contributed by atoms with van der Waals surface area (Å²) in [5.74, 6) is 2.57. The molecule has 0 radical (unpaired) electrons. The number of amides is 1. The van der Waals surface area contributed by atoms with Crippen LogP contribution in [0.1, 0.15) is 50.7 Å². The van der Waals surface area contributed by atoms with E-state index in [4.69, 9.17) is 15.9 Å². The Bertz CT molecular complexity index is 1250. The molecule has 5 N–H and O–H groups in total. The molecule has 1 saturated carbocycles. The average Bonchev–Trinajstić information content (AvgIpc) is 2.90. The Kier molecular flexibility index (Phi) is 9.14. The van der Waals surface area contributed by atoms with Crippen molar-refractivity contribution in [3.05, 3.63) is 72.1 Å². The number of rotatable bonds is 10. The van der Waals surface area contributed by atoms with Gasteiger partial charge in [-0.25, -0.2) is 9.97 Å². The van der Waals surface area contributed by atoms with Crippen LogP contribution in [-0.2, 0) is 4.79 Å². The smallest absolute Gasteiger partial charge is 0.237 e. The van der Waals surface area contributed by atoms with E-state index in [1.807, 2.05) is 73.6 Å². The molecule has 1 atom stereocenters. The normalized spacial score (nSPS) is 18.0. The summed E-state index contributed by atoms with van der Waals surface area (Å²) in [4.78, 5) is 23.4. The topological polar surface area (TPSA) is 129 Å². The molecule has 1 heterocycles. The summed E-state index contributed by atoms with van der Waals surface area (Å²) in [7, 11) is 3.89. The Morgan fingerprint density at radius 3 is 2.21 bits per heavy atom. The first-order chi connectivity index (χ1) is 18.7. The van der Waals surface area contributed by atoms with Gasteiger partial charge in [-0.05, 0) is 82.1 Å².